The number of hydrogen-bond acceptors (Lipinski definition) is 1. The van der Waals surface area contributed by atoms with Gasteiger partial charge in [0.25, 0.3) is 0 Å². The average Bonchev–Trinajstić information content (AvgIpc) is 3.02. The van der Waals surface area contributed by atoms with Crippen LogP contribution in [0.25, 0.3) is 54.9 Å². The Bertz CT molecular complexity index is 1900. The zero-order valence-corrected chi connectivity index (χ0v) is 21.5. The number of hydrogen-bond donors (Lipinski definition) is 1. The Kier molecular flexibility index (Phi) is 5.88. The first kappa shape index (κ1) is 23.0. The van der Waals surface area contributed by atoms with Gasteiger partial charge in [-0.15, -0.1) is 0 Å². The number of benzene rings is 7. The highest BCUT2D eigenvalue weighted by Crippen LogP contribution is 2.36. The van der Waals surface area contributed by atoms with Gasteiger partial charge in [-0.2, -0.15) is 0 Å². The first-order chi connectivity index (χ1) is 19.3. The highest BCUT2D eigenvalue weighted by Gasteiger charge is 2.09. The van der Waals surface area contributed by atoms with E-state index in [0.717, 1.165) is 11.4 Å². The van der Waals surface area contributed by atoms with E-state index >= 15 is 0 Å². The third-order valence-corrected chi connectivity index (χ3v) is 7.44. The maximum atomic E-state index is 3.57. The molecule has 0 radical (unpaired) electrons. The van der Waals surface area contributed by atoms with Crippen molar-refractivity contribution in [1.82, 2.24) is 0 Å². The second-order valence-electron chi connectivity index (χ2n) is 9.92. The highest BCUT2D eigenvalue weighted by atomic mass is 14.9. The lowest BCUT2D eigenvalue weighted by molar-refractivity contribution is 1.53. The lowest BCUT2D eigenvalue weighted by Gasteiger charge is -2.12. The van der Waals surface area contributed by atoms with Crippen LogP contribution in [0.3, 0.4) is 0 Å². The van der Waals surface area contributed by atoms with Crippen molar-refractivity contribution in [3.63, 3.8) is 0 Å². The molecule has 0 aliphatic rings. The number of rotatable bonds is 5. The van der Waals surface area contributed by atoms with Crippen molar-refractivity contribution >= 4 is 32.9 Å². The van der Waals surface area contributed by atoms with Crippen LogP contribution in [-0.4, -0.2) is 0 Å². The lowest BCUT2D eigenvalue weighted by Crippen LogP contribution is -1.91. The monoisotopic (exact) mass is 497 g/mol. The molecule has 7 aromatic rings. The van der Waals surface area contributed by atoms with E-state index in [9.17, 15) is 0 Å². The molecule has 184 valence electrons. The van der Waals surface area contributed by atoms with Gasteiger partial charge in [-0.3, -0.25) is 0 Å². The molecule has 0 bridgehead atoms. The van der Waals surface area contributed by atoms with Gasteiger partial charge in [0.15, 0.2) is 0 Å². The van der Waals surface area contributed by atoms with Gasteiger partial charge in [-0.25, -0.2) is 0 Å². The summed E-state index contributed by atoms with van der Waals surface area (Å²) in [7, 11) is 0. The quantitative estimate of drug-likeness (QED) is 0.233. The van der Waals surface area contributed by atoms with Gasteiger partial charge in [-0.1, -0.05) is 127 Å². The molecule has 0 spiro atoms. The SMILES string of the molecule is c1ccc(-c2ccc(Nc3cccc(-c4ccc(-c5cc6ccccc6c6ccccc56)cc4)c3)cc2)cc1. The summed E-state index contributed by atoms with van der Waals surface area (Å²) in [5, 5.41) is 8.72. The molecule has 0 aromatic heterocycles. The van der Waals surface area contributed by atoms with Crippen molar-refractivity contribution in [3.05, 3.63) is 158 Å². The molecule has 0 atom stereocenters. The van der Waals surface area contributed by atoms with Crippen molar-refractivity contribution in [2.75, 3.05) is 5.32 Å². The summed E-state index contributed by atoms with van der Waals surface area (Å²) in [5.41, 5.74) is 9.48. The second-order valence-corrected chi connectivity index (χ2v) is 9.92. The van der Waals surface area contributed by atoms with E-state index in [0.29, 0.717) is 0 Å². The van der Waals surface area contributed by atoms with Gasteiger partial charge in [-0.05, 0) is 85.3 Å². The Morgan fingerprint density at radius 2 is 0.872 bits per heavy atom. The summed E-state index contributed by atoms with van der Waals surface area (Å²) >= 11 is 0. The number of fused-ring (bicyclic) bond motifs is 3. The Hall–Kier alpha value is -5.14. The standard InChI is InChI=1S/C38H27N/c1-2-9-27(10-3-1)28-21-23-33(24-22-28)39-34-13-8-12-31(25-34)29-17-19-30(20-18-29)38-26-32-11-4-5-14-35(32)36-15-6-7-16-37(36)38/h1-26,39H. The fourth-order valence-corrected chi connectivity index (χ4v) is 5.46. The normalized spacial score (nSPS) is 11.1. The predicted molar refractivity (Wildman–Crippen MR) is 167 cm³/mol. The molecule has 0 saturated carbocycles. The minimum Gasteiger partial charge on any atom is -0.356 e. The minimum absolute atomic E-state index is 1.07. The Morgan fingerprint density at radius 1 is 0.308 bits per heavy atom. The van der Waals surface area contributed by atoms with Crippen LogP contribution in [0.1, 0.15) is 0 Å². The molecule has 7 aromatic carbocycles. The molecule has 39 heavy (non-hydrogen) atoms. The maximum absolute atomic E-state index is 3.57. The van der Waals surface area contributed by atoms with Crippen molar-refractivity contribution in [1.29, 1.82) is 0 Å². The Labute approximate surface area is 229 Å². The van der Waals surface area contributed by atoms with Gasteiger partial charge in [0.05, 0.1) is 0 Å². The molecule has 0 unspecified atom stereocenters. The first-order valence-corrected chi connectivity index (χ1v) is 13.4. The highest BCUT2D eigenvalue weighted by molar-refractivity contribution is 6.13. The van der Waals surface area contributed by atoms with Crippen LogP contribution in [0.2, 0.25) is 0 Å². The molecule has 0 heterocycles. The third-order valence-electron chi connectivity index (χ3n) is 7.44. The molecule has 0 saturated heterocycles. The molecule has 1 nitrogen and oxygen atoms in total. The first-order valence-electron chi connectivity index (χ1n) is 13.4. The summed E-state index contributed by atoms with van der Waals surface area (Å²) in [4.78, 5) is 0. The predicted octanol–water partition coefficient (Wildman–Crippen LogP) is 10.7. The van der Waals surface area contributed by atoms with Gasteiger partial charge >= 0.3 is 0 Å². The second kappa shape index (κ2) is 9.96. The van der Waals surface area contributed by atoms with Crippen LogP contribution in [-0.2, 0) is 0 Å². The van der Waals surface area contributed by atoms with E-state index in [2.05, 4.69) is 157 Å². The molecular weight excluding hydrogens is 470 g/mol. The molecule has 0 aliphatic heterocycles. The van der Waals surface area contributed by atoms with Crippen molar-refractivity contribution in [3.8, 4) is 33.4 Å². The van der Waals surface area contributed by atoms with Crippen LogP contribution in [0.15, 0.2) is 158 Å². The lowest BCUT2D eigenvalue weighted by atomic mass is 9.92. The number of anilines is 2. The summed E-state index contributed by atoms with van der Waals surface area (Å²) in [5.74, 6) is 0. The summed E-state index contributed by atoms with van der Waals surface area (Å²) < 4.78 is 0. The van der Waals surface area contributed by atoms with Crippen LogP contribution in [0, 0.1) is 0 Å². The van der Waals surface area contributed by atoms with Gasteiger partial charge < -0.3 is 5.32 Å². The molecule has 1 heteroatoms. The Morgan fingerprint density at radius 3 is 1.67 bits per heavy atom. The summed E-state index contributed by atoms with van der Waals surface area (Å²) in [6.07, 6.45) is 0. The molecule has 1 N–H and O–H groups in total. The Balaban J connectivity index is 1.16. The van der Waals surface area contributed by atoms with E-state index < -0.39 is 0 Å². The molecule has 0 fully saturated rings. The smallest absolute Gasteiger partial charge is 0.0390 e. The third kappa shape index (κ3) is 4.56. The number of nitrogens with one attached hydrogen (secondary N) is 1. The minimum atomic E-state index is 1.07. The van der Waals surface area contributed by atoms with E-state index in [-0.39, 0.29) is 0 Å². The van der Waals surface area contributed by atoms with Gasteiger partial charge in [0.1, 0.15) is 0 Å². The van der Waals surface area contributed by atoms with Crippen LogP contribution in [0.4, 0.5) is 11.4 Å². The van der Waals surface area contributed by atoms with E-state index in [1.165, 1.54) is 54.9 Å². The zero-order chi connectivity index (χ0) is 26.0. The summed E-state index contributed by atoms with van der Waals surface area (Å²) in [6, 6.07) is 56.3. The van der Waals surface area contributed by atoms with Crippen molar-refractivity contribution in [2.45, 2.75) is 0 Å². The van der Waals surface area contributed by atoms with Crippen LogP contribution >= 0.6 is 0 Å². The van der Waals surface area contributed by atoms with Crippen LogP contribution < -0.4 is 5.32 Å². The molecular formula is C38H27N. The van der Waals surface area contributed by atoms with Crippen LogP contribution in [0.5, 0.6) is 0 Å². The molecule has 0 aliphatic carbocycles. The van der Waals surface area contributed by atoms with E-state index in [1.807, 2.05) is 6.07 Å². The van der Waals surface area contributed by atoms with Gasteiger partial charge in [0, 0.05) is 11.4 Å². The fraction of sp³-hybridized carbons (Fsp3) is 0. The fourth-order valence-electron chi connectivity index (χ4n) is 5.46. The summed E-state index contributed by atoms with van der Waals surface area (Å²) in [6.45, 7) is 0. The zero-order valence-electron chi connectivity index (χ0n) is 21.5. The molecule has 0 amide bonds. The topological polar surface area (TPSA) is 12.0 Å². The maximum Gasteiger partial charge on any atom is 0.0390 e. The average molecular weight is 498 g/mol. The largest absolute Gasteiger partial charge is 0.356 e. The molecule has 7 rings (SSSR count). The van der Waals surface area contributed by atoms with Gasteiger partial charge in [0.2, 0.25) is 0 Å². The van der Waals surface area contributed by atoms with E-state index in [4.69, 9.17) is 0 Å². The van der Waals surface area contributed by atoms with Crippen molar-refractivity contribution in [2.24, 2.45) is 0 Å². The van der Waals surface area contributed by atoms with Crippen molar-refractivity contribution < 1.29 is 0 Å². The van der Waals surface area contributed by atoms with E-state index in [1.54, 1.807) is 0 Å².